The molecule has 6 nitrogen and oxygen atoms in total. The van der Waals surface area contributed by atoms with E-state index in [1.165, 1.54) is 6.07 Å². The molecular weight excluding hydrogens is 302 g/mol. The molecule has 2 heterocycles. The first-order valence-corrected chi connectivity index (χ1v) is 6.21. The van der Waals surface area contributed by atoms with Gasteiger partial charge < -0.3 is 15.7 Å². The van der Waals surface area contributed by atoms with Gasteiger partial charge in [0.25, 0.3) is 0 Å². The molecule has 2 rings (SSSR count). The van der Waals surface area contributed by atoms with E-state index in [2.05, 4.69) is 20.9 Å². The molecule has 1 aliphatic heterocycles. The van der Waals surface area contributed by atoms with Gasteiger partial charge in [0.05, 0.1) is 5.92 Å². The van der Waals surface area contributed by atoms with Crippen molar-refractivity contribution >= 4 is 33.6 Å². The van der Waals surface area contributed by atoms with E-state index in [1.54, 1.807) is 11.1 Å². The van der Waals surface area contributed by atoms with Crippen LogP contribution in [0, 0.1) is 5.92 Å². The maximum atomic E-state index is 11.2. The molecule has 0 spiro atoms. The summed E-state index contributed by atoms with van der Waals surface area (Å²) in [6, 6.07) is 1.50. The smallest absolute Gasteiger partial charge is 0.339 e. The van der Waals surface area contributed by atoms with Gasteiger partial charge in [-0.1, -0.05) is 0 Å². The van der Waals surface area contributed by atoms with Crippen LogP contribution in [-0.4, -0.2) is 35.1 Å². The number of carbonyl (C=O) groups is 2. The van der Waals surface area contributed by atoms with Crippen LogP contribution in [-0.2, 0) is 4.79 Å². The SMILES string of the molecule is NC(=O)C1CCN(c2ncc(Br)cc2C(=O)O)C1. The average molecular weight is 314 g/mol. The van der Waals surface area contributed by atoms with Crippen molar-refractivity contribution in [3.8, 4) is 0 Å². The van der Waals surface area contributed by atoms with E-state index < -0.39 is 5.97 Å². The molecule has 0 aromatic carbocycles. The lowest BCUT2D eigenvalue weighted by molar-refractivity contribution is -0.121. The second-order valence-corrected chi connectivity index (χ2v) is 5.08. The number of nitrogens with zero attached hydrogens (tertiary/aromatic N) is 2. The number of carbonyl (C=O) groups excluding carboxylic acids is 1. The van der Waals surface area contributed by atoms with Crippen LogP contribution in [0.4, 0.5) is 5.82 Å². The van der Waals surface area contributed by atoms with E-state index in [9.17, 15) is 9.59 Å². The van der Waals surface area contributed by atoms with Crippen molar-refractivity contribution in [2.75, 3.05) is 18.0 Å². The number of hydrogen-bond donors (Lipinski definition) is 2. The number of carboxylic acid groups (broad SMARTS) is 1. The fourth-order valence-electron chi connectivity index (χ4n) is 2.03. The Labute approximate surface area is 112 Å². The normalized spacial score (nSPS) is 18.9. The third kappa shape index (κ3) is 2.45. The van der Waals surface area contributed by atoms with Crippen molar-refractivity contribution in [2.45, 2.75) is 6.42 Å². The Balaban J connectivity index is 2.29. The number of anilines is 1. The van der Waals surface area contributed by atoms with Gasteiger partial charge in [-0.2, -0.15) is 0 Å². The van der Waals surface area contributed by atoms with Gasteiger partial charge in [-0.25, -0.2) is 9.78 Å². The van der Waals surface area contributed by atoms with E-state index in [-0.39, 0.29) is 17.4 Å². The molecule has 0 aliphatic carbocycles. The van der Waals surface area contributed by atoms with E-state index in [0.29, 0.717) is 29.8 Å². The Bertz CT molecular complexity index is 506. The predicted octanol–water partition coefficient (Wildman–Crippen LogP) is 0.854. The van der Waals surface area contributed by atoms with Gasteiger partial charge >= 0.3 is 5.97 Å². The standard InChI is InChI=1S/C11H12BrN3O3/c12-7-3-8(11(17)18)10(14-4-7)15-2-1-6(5-15)9(13)16/h3-4,6H,1-2,5H2,(H2,13,16)(H,17,18). The molecule has 1 atom stereocenters. The van der Waals surface area contributed by atoms with Crippen molar-refractivity contribution in [2.24, 2.45) is 11.7 Å². The number of carboxylic acids is 1. The van der Waals surface area contributed by atoms with Crippen molar-refractivity contribution in [3.05, 3.63) is 22.3 Å². The number of nitrogens with two attached hydrogens (primary N) is 1. The predicted molar refractivity (Wildman–Crippen MR) is 68.4 cm³/mol. The van der Waals surface area contributed by atoms with Gasteiger partial charge in [0.1, 0.15) is 11.4 Å². The highest BCUT2D eigenvalue weighted by Crippen LogP contribution is 2.27. The van der Waals surface area contributed by atoms with Gasteiger partial charge in [-0.3, -0.25) is 4.79 Å². The van der Waals surface area contributed by atoms with Gasteiger partial charge in [0, 0.05) is 23.8 Å². The number of rotatable bonds is 3. The van der Waals surface area contributed by atoms with Crippen molar-refractivity contribution in [3.63, 3.8) is 0 Å². The molecular formula is C11H12BrN3O3. The average Bonchev–Trinajstić information content (AvgIpc) is 2.78. The summed E-state index contributed by atoms with van der Waals surface area (Å²) in [6.45, 7) is 1.01. The highest BCUT2D eigenvalue weighted by molar-refractivity contribution is 9.10. The van der Waals surface area contributed by atoms with Gasteiger partial charge in [-0.05, 0) is 28.4 Å². The van der Waals surface area contributed by atoms with Gasteiger partial charge in [0.2, 0.25) is 5.91 Å². The molecule has 1 aromatic rings. The number of hydrogen-bond acceptors (Lipinski definition) is 4. The molecule has 7 heteroatoms. The molecule has 1 aromatic heterocycles. The van der Waals surface area contributed by atoms with Crippen LogP contribution in [0.5, 0.6) is 0 Å². The van der Waals surface area contributed by atoms with E-state index in [1.807, 2.05) is 0 Å². The quantitative estimate of drug-likeness (QED) is 0.862. The van der Waals surface area contributed by atoms with Crippen molar-refractivity contribution in [1.29, 1.82) is 0 Å². The number of aromatic nitrogens is 1. The summed E-state index contributed by atoms with van der Waals surface area (Å²) in [4.78, 5) is 28.2. The Kier molecular flexibility index (Phi) is 3.51. The lowest BCUT2D eigenvalue weighted by Crippen LogP contribution is -2.28. The van der Waals surface area contributed by atoms with Gasteiger partial charge in [-0.15, -0.1) is 0 Å². The summed E-state index contributed by atoms with van der Waals surface area (Å²) < 4.78 is 0.606. The molecule has 1 unspecified atom stereocenters. The maximum Gasteiger partial charge on any atom is 0.339 e. The Morgan fingerprint density at radius 1 is 1.56 bits per heavy atom. The molecule has 0 radical (unpaired) electrons. The van der Waals surface area contributed by atoms with Crippen LogP contribution in [0.3, 0.4) is 0 Å². The molecule has 3 N–H and O–H groups in total. The number of aromatic carboxylic acids is 1. The number of pyridine rings is 1. The fourth-order valence-corrected chi connectivity index (χ4v) is 2.36. The summed E-state index contributed by atoms with van der Waals surface area (Å²) in [5.41, 5.74) is 5.37. The lowest BCUT2D eigenvalue weighted by Gasteiger charge is -2.19. The van der Waals surface area contributed by atoms with Crippen LogP contribution < -0.4 is 10.6 Å². The largest absolute Gasteiger partial charge is 0.478 e. The minimum absolute atomic E-state index is 0.120. The molecule has 1 saturated heterocycles. The zero-order valence-electron chi connectivity index (χ0n) is 9.47. The highest BCUT2D eigenvalue weighted by atomic mass is 79.9. The third-order valence-electron chi connectivity index (χ3n) is 2.95. The summed E-state index contributed by atoms with van der Waals surface area (Å²) in [6.07, 6.45) is 2.17. The van der Waals surface area contributed by atoms with E-state index in [0.717, 1.165) is 0 Å². The first kappa shape index (κ1) is 12.8. The second-order valence-electron chi connectivity index (χ2n) is 4.16. The van der Waals surface area contributed by atoms with Crippen molar-refractivity contribution < 1.29 is 14.7 Å². The summed E-state index contributed by atoms with van der Waals surface area (Å²) in [5.74, 6) is -1.25. The van der Waals surface area contributed by atoms with Crippen LogP contribution in [0.1, 0.15) is 16.8 Å². The van der Waals surface area contributed by atoms with Crippen LogP contribution in [0.25, 0.3) is 0 Å². The molecule has 0 bridgehead atoms. The zero-order chi connectivity index (χ0) is 13.3. The van der Waals surface area contributed by atoms with Crippen LogP contribution in [0.15, 0.2) is 16.7 Å². The summed E-state index contributed by atoms with van der Waals surface area (Å²) in [5, 5.41) is 9.15. The number of amides is 1. The van der Waals surface area contributed by atoms with E-state index >= 15 is 0 Å². The topological polar surface area (TPSA) is 96.5 Å². The molecule has 1 amide bonds. The highest BCUT2D eigenvalue weighted by Gasteiger charge is 2.29. The first-order valence-electron chi connectivity index (χ1n) is 5.42. The fraction of sp³-hybridized carbons (Fsp3) is 0.364. The minimum Gasteiger partial charge on any atom is -0.478 e. The maximum absolute atomic E-state index is 11.2. The van der Waals surface area contributed by atoms with Crippen LogP contribution in [0.2, 0.25) is 0 Å². The minimum atomic E-state index is -1.04. The lowest BCUT2D eigenvalue weighted by atomic mass is 10.1. The Morgan fingerprint density at radius 3 is 2.83 bits per heavy atom. The molecule has 1 fully saturated rings. The summed E-state index contributed by atoms with van der Waals surface area (Å²) in [7, 11) is 0. The Morgan fingerprint density at radius 2 is 2.28 bits per heavy atom. The zero-order valence-corrected chi connectivity index (χ0v) is 11.1. The third-order valence-corrected chi connectivity index (χ3v) is 3.39. The summed E-state index contributed by atoms with van der Waals surface area (Å²) >= 11 is 3.19. The van der Waals surface area contributed by atoms with E-state index in [4.69, 9.17) is 10.8 Å². The molecule has 96 valence electrons. The molecule has 18 heavy (non-hydrogen) atoms. The first-order chi connectivity index (χ1) is 8.49. The van der Waals surface area contributed by atoms with Gasteiger partial charge in [0.15, 0.2) is 0 Å². The molecule has 1 aliphatic rings. The number of halogens is 1. The second kappa shape index (κ2) is 4.93. The Hall–Kier alpha value is -1.63. The monoisotopic (exact) mass is 313 g/mol. The van der Waals surface area contributed by atoms with Crippen molar-refractivity contribution in [1.82, 2.24) is 4.98 Å². The number of primary amides is 1. The van der Waals surface area contributed by atoms with Crippen LogP contribution >= 0.6 is 15.9 Å². The molecule has 0 saturated carbocycles.